The highest BCUT2D eigenvalue weighted by molar-refractivity contribution is 7.85. The maximum Gasteiger partial charge on any atom is 0.326 e. The molecule has 0 saturated heterocycles. The molecule has 0 fully saturated rings. The highest BCUT2D eigenvalue weighted by Crippen LogP contribution is 2.42. The van der Waals surface area contributed by atoms with Gasteiger partial charge < -0.3 is 10.4 Å². The van der Waals surface area contributed by atoms with Gasteiger partial charge >= 0.3 is 5.97 Å². The minimum Gasteiger partial charge on any atom is -0.480 e. The number of carboxylic acids is 1. The molecule has 4 aromatic rings. The van der Waals surface area contributed by atoms with E-state index in [-0.39, 0.29) is 18.6 Å². The Balaban J connectivity index is 1.63. The van der Waals surface area contributed by atoms with Crippen LogP contribution in [0.4, 0.5) is 0 Å². The molecule has 37 heavy (non-hydrogen) atoms. The van der Waals surface area contributed by atoms with Crippen LogP contribution in [0.2, 0.25) is 0 Å². The molecule has 0 radical (unpaired) electrons. The van der Waals surface area contributed by atoms with Gasteiger partial charge in [0.05, 0.1) is 16.2 Å². The molecule has 1 amide bonds. The maximum atomic E-state index is 13.6. The van der Waals surface area contributed by atoms with Crippen LogP contribution in [0.15, 0.2) is 126 Å². The van der Waals surface area contributed by atoms with Crippen molar-refractivity contribution < 1.29 is 18.9 Å². The number of carboxylic acid groups (broad SMARTS) is 1. The topological polar surface area (TPSA) is 83.5 Å². The number of hydrogen-bond donors (Lipinski definition) is 2. The summed E-state index contributed by atoms with van der Waals surface area (Å²) in [6.07, 6.45) is 0.0637. The minimum absolute atomic E-state index is 0.0105. The Morgan fingerprint density at radius 1 is 0.703 bits per heavy atom. The van der Waals surface area contributed by atoms with Crippen LogP contribution in [0, 0.1) is 0 Å². The molecule has 0 spiro atoms. The highest BCUT2D eigenvalue weighted by atomic mass is 32.2. The fraction of sp³-hybridized carbons (Fsp3) is 0.161. The number of nitrogens with one attached hydrogen (secondary N) is 1. The molecular weight excluding hydrogens is 482 g/mol. The third kappa shape index (κ3) is 6.22. The van der Waals surface area contributed by atoms with E-state index in [1.54, 1.807) is 24.3 Å². The number of carbonyl (C=O) groups excluding carboxylic acids is 1. The zero-order valence-corrected chi connectivity index (χ0v) is 21.1. The Kier molecular flexibility index (Phi) is 8.64. The fourth-order valence-electron chi connectivity index (χ4n) is 4.63. The van der Waals surface area contributed by atoms with Crippen molar-refractivity contribution in [2.24, 2.45) is 0 Å². The molecule has 188 valence electrons. The van der Waals surface area contributed by atoms with Crippen molar-refractivity contribution in [3.8, 4) is 0 Å². The summed E-state index contributed by atoms with van der Waals surface area (Å²) in [5, 5.41) is 12.6. The molecule has 0 saturated carbocycles. The van der Waals surface area contributed by atoms with E-state index in [4.69, 9.17) is 0 Å². The summed E-state index contributed by atoms with van der Waals surface area (Å²) in [5.74, 6) is -1.42. The van der Waals surface area contributed by atoms with Crippen molar-refractivity contribution in [2.75, 3.05) is 5.75 Å². The first-order chi connectivity index (χ1) is 18.0. The molecule has 0 aliphatic rings. The second-order valence-corrected chi connectivity index (χ2v) is 10.4. The third-order valence-corrected chi connectivity index (χ3v) is 7.86. The van der Waals surface area contributed by atoms with Gasteiger partial charge in [0.1, 0.15) is 6.04 Å². The quantitative estimate of drug-likeness (QED) is 0.272. The predicted molar refractivity (Wildman–Crippen MR) is 146 cm³/mol. The molecule has 0 bridgehead atoms. The second kappa shape index (κ2) is 12.3. The lowest BCUT2D eigenvalue weighted by Gasteiger charge is -2.36. The van der Waals surface area contributed by atoms with Gasteiger partial charge in [0, 0.05) is 17.1 Å². The van der Waals surface area contributed by atoms with E-state index in [9.17, 15) is 18.9 Å². The Bertz CT molecular complexity index is 1230. The summed E-state index contributed by atoms with van der Waals surface area (Å²) in [5.41, 5.74) is 1.96. The van der Waals surface area contributed by atoms with Crippen molar-refractivity contribution >= 4 is 22.7 Å². The summed E-state index contributed by atoms with van der Waals surface area (Å²) in [6.45, 7) is 0. The third-order valence-electron chi connectivity index (χ3n) is 6.46. The van der Waals surface area contributed by atoms with Crippen molar-refractivity contribution in [3.05, 3.63) is 138 Å². The zero-order valence-electron chi connectivity index (χ0n) is 20.3. The normalized spacial score (nSPS) is 12.9. The van der Waals surface area contributed by atoms with Crippen molar-refractivity contribution in [2.45, 2.75) is 29.2 Å². The standard InChI is InChI=1S/C31H29NO4S/c33-29(32-28(30(34)35)21-22-37(36)27-19-11-4-12-20-27)23-31(24-13-5-1-6-14-24,25-15-7-2-8-16-25)26-17-9-3-10-18-26/h1-20,28H,21-23H2,(H,32,33)(H,34,35)/t28-,37-/m1/s1. The fourth-order valence-corrected chi connectivity index (χ4v) is 5.78. The summed E-state index contributed by atoms with van der Waals surface area (Å²) >= 11 is 0. The number of hydrogen-bond acceptors (Lipinski definition) is 3. The molecule has 4 aromatic carbocycles. The number of benzene rings is 4. The Hall–Kier alpha value is -4.03. The number of aliphatic carboxylic acids is 1. The SMILES string of the molecule is O=C(CC(c1ccccc1)(c1ccccc1)c1ccccc1)N[C@H](CC[S@@](=O)c1ccccc1)C(=O)O. The van der Waals surface area contributed by atoms with Crippen LogP contribution in [0.1, 0.15) is 29.5 Å². The van der Waals surface area contributed by atoms with Gasteiger partial charge in [0.2, 0.25) is 5.91 Å². The Morgan fingerprint density at radius 2 is 1.11 bits per heavy atom. The van der Waals surface area contributed by atoms with E-state index < -0.39 is 34.1 Å². The van der Waals surface area contributed by atoms with Crippen LogP contribution in [0.5, 0.6) is 0 Å². The minimum atomic E-state index is -1.36. The smallest absolute Gasteiger partial charge is 0.326 e. The first kappa shape index (κ1) is 26.0. The number of carbonyl (C=O) groups is 2. The van der Waals surface area contributed by atoms with Gasteiger partial charge in [-0.25, -0.2) is 4.79 Å². The summed E-state index contributed by atoms with van der Waals surface area (Å²) in [4.78, 5) is 26.2. The van der Waals surface area contributed by atoms with Gasteiger partial charge in [0.25, 0.3) is 0 Å². The summed E-state index contributed by atoms with van der Waals surface area (Å²) in [6, 6.07) is 37.1. The van der Waals surface area contributed by atoms with Crippen LogP contribution < -0.4 is 5.32 Å². The Morgan fingerprint density at radius 3 is 1.51 bits per heavy atom. The van der Waals surface area contributed by atoms with Crippen LogP contribution >= 0.6 is 0 Å². The Labute approximate surface area is 219 Å². The van der Waals surface area contributed by atoms with Crippen LogP contribution in [0.25, 0.3) is 0 Å². The van der Waals surface area contributed by atoms with Crippen molar-refractivity contribution in [3.63, 3.8) is 0 Å². The van der Waals surface area contributed by atoms with Gasteiger partial charge in [-0.15, -0.1) is 0 Å². The van der Waals surface area contributed by atoms with Crippen LogP contribution in [0.3, 0.4) is 0 Å². The molecule has 5 nitrogen and oxygen atoms in total. The zero-order chi connectivity index (χ0) is 26.1. The van der Waals surface area contributed by atoms with Crippen molar-refractivity contribution in [1.82, 2.24) is 5.32 Å². The van der Waals surface area contributed by atoms with E-state index in [2.05, 4.69) is 5.32 Å². The number of amides is 1. The first-order valence-corrected chi connectivity index (χ1v) is 13.4. The van der Waals surface area contributed by atoms with Gasteiger partial charge in [-0.3, -0.25) is 9.00 Å². The van der Waals surface area contributed by atoms with E-state index >= 15 is 0 Å². The predicted octanol–water partition coefficient (Wildman–Crippen LogP) is 5.18. The molecule has 0 heterocycles. The summed E-state index contributed by atoms with van der Waals surface area (Å²) in [7, 11) is -1.36. The molecule has 2 atom stereocenters. The molecule has 0 aliphatic heterocycles. The maximum absolute atomic E-state index is 13.6. The van der Waals surface area contributed by atoms with Gasteiger partial charge in [0.15, 0.2) is 0 Å². The average molecular weight is 512 g/mol. The average Bonchev–Trinajstić information content (AvgIpc) is 2.95. The monoisotopic (exact) mass is 511 g/mol. The van der Waals surface area contributed by atoms with Crippen molar-refractivity contribution in [1.29, 1.82) is 0 Å². The van der Waals surface area contributed by atoms with E-state index in [1.807, 2.05) is 97.1 Å². The lowest BCUT2D eigenvalue weighted by molar-refractivity contribution is -0.142. The number of rotatable bonds is 11. The molecule has 0 unspecified atom stereocenters. The second-order valence-electron chi connectivity index (χ2n) is 8.79. The molecule has 4 rings (SSSR count). The van der Waals surface area contributed by atoms with E-state index in [1.165, 1.54) is 0 Å². The van der Waals surface area contributed by atoms with Crippen LogP contribution in [-0.2, 0) is 25.8 Å². The lowest BCUT2D eigenvalue weighted by atomic mass is 9.67. The molecule has 0 aromatic heterocycles. The molecular formula is C31H29NO4S. The first-order valence-electron chi connectivity index (χ1n) is 12.1. The van der Waals surface area contributed by atoms with Gasteiger partial charge in [-0.1, -0.05) is 109 Å². The van der Waals surface area contributed by atoms with E-state index in [0.29, 0.717) is 4.90 Å². The highest BCUT2D eigenvalue weighted by Gasteiger charge is 2.39. The van der Waals surface area contributed by atoms with Gasteiger partial charge in [-0.05, 0) is 35.2 Å². The summed E-state index contributed by atoms with van der Waals surface area (Å²) < 4.78 is 12.6. The largest absolute Gasteiger partial charge is 0.480 e. The van der Waals surface area contributed by atoms with E-state index in [0.717, 1.165) is 16.7 Å². The lowest BCUT2D eigenvalue weighted by Crippen LogP contribution is -2.45. The van der Waals surface area contributed by atoms with Gasteiger partial charge in [-0.2, -0.15) is 0 Å². The molecule has 0 aliphatic carbocycles. The molecule has 2 N–H and O–H groups in total. The van der Waals surface area contributed by atoms with Crippen LogP contribution in [-0.4, -0.2) is 33.0 Å². The molecule has 6 heteroatoms.